The molecule has 0 bridgehead atoms. The molecule has 19 heavy (non-hydrogen) atoms. The fourth-order valence-electron chi connectivity index (χ4n) is 1.99. The smallest absolute Gasteiger partial charge is 0.0488 e. The van der Waals surface area contributed by atoms with Crippen molar-refractivity contribution in [3.8, 4) is 0 Å². The number of hydrogen-bond acceptors (Lipinski definition) is 2. The van der Waals surface area contributed by atoms with Crippen LogP contribution in [-0.2, 0) is 16.6 Å². The van der Waals surface area contributed by atoms with Crippen molar-refractivity contribution in [3.63, 3.8) is 0 Å². The Labute approximate surface area is 120 Å². The van der Waals surface area contributed by atoms with E-state index in [1.165, 1.54) is 11.1 Å². The molecule has 0 amide bonds. The topological polar surface area (TPSA) is 43.1 Å². The zero-order chi connectivity index (χ0) is 14.3. The van der Waals surface area contributed by atoms with Crippen LogP contribution in [0.5, 0.6) is 0 Å². The van der Waals surface area contributed by atoms with E-state index in [-0.39, 0.29) is 5.41 Å². The van der Waals surface area contributed by atoms with Gasteiger partial charge in [-0.2, -0.15) is 0 Å². The summed E-state index contributed by atoms with van der Waals surface area (Å²) in [5.74, 6) is 1.49. The Morgan fingerprint density at radius 1 is 1.21 bits per heavy atom. The standard InChI is InChI=1S/C16H27NOS/c1-14-8-4-5-9-15(14)12-19(18)11-7-6-10-16(2,3)13-17/h4-5,8-9H,6-7,10-13,17H2,1-3H3. The molecule has 2 nitrogen and oxygen atoms in total. The van der Waals surface area contributed by atoms with E-state index in [9.17, 15) is 4.21 Å². The van der Waals surface area contributed by atoms with Gasteiger partial charge in [-0.15, -0.1) is 0 Å². The first-order chi connectivity index (χ1) is 8.94. The van der Waals surface area contributed by atoms with Gasteiger partial charge in [-0.1, -0.05) is 44.5 Å². The summed E-state index contributed by atoms with van der Waals surface area (Å²) in [7, 11) is -0.743. The lowest BCUT2D eigenvalue weighted by Crippen LogP contribution is -2.23. The van der Waals surface area contributed by atoms with Crippen LogP contribution >= 0.6 is 0 Å². The summed E-state index contributed by atoms with van der Waals surface area (Å²) in [4.78, 5) is 0. The van der Waals surface area contributed by atoms with Crippen molar-refractivity contribution < 1.29 is 4.21 Å². The van der Waals surface area contributed by atoms with Crippen molar-refractivity contribution in [1.82, 2.24) is 0 Å². The highest BCUT2D eigenvalue weighted by molar-refractivity contribution is 7.84. The minimum atomic E-state index is -0.743. The minimum Gasteiger partial charge on any atom is -0.330 e. The van der Waals surface area contributed by atoms with Crippen LogP contribution in [0.15, 0.2) is 24.3 Å². The highest BCUT2D eigenvalue weighted by atomic mass is 32.2. The van der Waals surface area contributed by atoms with Crippen LogP contribution in [0.2, 0.25) is 0 Å². The number of rotatable bonds is 8. The lowest BCUT2D eigenvalue weighted by Gasteiger charge is -2.21. The second kappa shape index (κ2) is 7.81. The van der Waals surface area contributed by atoms with Crippen LogP contribution in [0, 0.1) is 12.3 Å². The summed E-state index contributed by atoms with van der Waals surface area (Å²) in [5.41, 5.74) is 8.37. The van der Waals surface area contributed by atoms with Gasteiger partial charge in [0.2, 0.25) is 0 Å². The van der Waals surface area contributed by atoms with Gasteiger partial charge in [-0.05, 0) is 42.9 Å². The average Bonchev–Trinajstić information content (AvgIpc) is 2.38. The molecule has 0 fully saturated rings. The van der Waals surface area contributed by atoms with E-state index < -0.39 is 10.8 Å². The molecule has 1 rings (SSSR count). The first-order valence-corrected chi connectivity index (χ1v) is 8.53. The lowest BCUT2D eigenvalue weighted by molar-refractivity contribution is 0.336. The van der Waals surface area contributed by atoms with E-state index in [0.29, 0.717) is 5.75 Å². The first-order valence-electron chi connectivity index (χ1n) is 7.04. The number of hydrogen-bond donors (Lipinski definition) is 1. The number of aryl methyl sites for hydroxylation is 1. The van der Waals surface area contributed by atoms with Crippen molar-refractivity contribution in [2.75, 3.05) is 12.3 Å². The molecule has 0 radical (unpaired) electrons. The van der Waals surface area contributed by atoms with Gasteiger partial charge in [0.1, 0.15) is 0 Å². The van der Waals surface area contributed by atoms with Gasteiger partial charge in [-0.3, -0.25) is 4.21 Å². The number of benzene rings is 1. The average molecular weight is 281 g/mol. The predicted octanol–water partition coefficient (Wildman–Crippen LogP) is 3.40. The van der Waals surface area contributed by atoms with Gasteiger partial charge in [0, 0.05) is 22.3 Å². The molecular weight excluding hydrogens is 254 g/mol. The Morgan fingerprint density at radius 2 is 1.89 bits per heavy atom. The largest absolute Gasteiger partial charge is 0.330 e. The molecule has 108 valence electrons. The molecule has 0 heterocycles. The van der Waals surface area contributed by atoms with E-state index in [0.717, 1.165) is 31.6 Å². The van der Waals surface area contributed by atoms with Crippen molar-refractivity contribution in [3.05, 3.63) is 35.4 Å². The van der Waals surface area contributed by atoms with Crippen LogP contribution in [0.25, 0.3) is 0 Å². The molecule has 0 saturated heterocycles. The van der Waals surface area contributed by atoms with Gasteiger partial charge in [0.15, 0.2) is 0 Å². The number of nitrogens with two attached hydrogens (primary N) is 1. The maximum atomic E-state index is 12.0. The molecule has 0 aliphatic heterocycles. The summed E-state index contributed by atoms with van der Waals surface area (Å²) < 4.78 is 12.0. The van der Waals surface area contributed by atoms with Gasteiger partial charge in [0.05, 0.1) is 0 Å². The van der Waals surface area contributed by atoms with E-state index in [4.69, 9.17) is 5.73 Å². The third-order valence-corrected chi connectivity index (χ3v) is 4.98. The molecule has 2 N–H and O–H groups in total. The normalized spacial score (nSPS) is 13.5. The summed E-state index contributed by atoms with van der Waals surface area (Å²) in [6, 6.07) is 8.20. The molecule has 1 atom stereocenters. The number of unbranched alkanes of at least 4 members (excludes halogenated alkanes) is 1. The maximum absolute atomic E-state index is 12.0. The fraction of sp³-hybridized carbons (Fsp3) is 0.625. The summed E-state index contributed by atoms with van der Waals surface area (Å²) >= 11 is 0. The molecule has 3 heteroatoms. The highest BCUT2D eigenvalue weighted by Crippen LogP contribution is 2.21. The van der Waals surface area contributed by atoms with Crippen LogP contribution in [0.3, 0.4) is 0 Å². The monoisotopic (exact) mass is 281 g/mol. The third kappa shape index (κ3) is 6.35. The first kappa shape index (κ1) is 16.4. The van der Waals surface area contributed by atoms with E-state index >= 15 is 0 Å². The molecule has 0 saturated carbocycles. The molecule has 1 unspecified atom stereocenters. The van der Waals surface area contributed by atoms with Crippen molar-refractivity contribution in [1.29, 1.82) is 0 Å². The van der Waals surface area contributed by atoms with Crippen molar-refractivity contribution in [2.24, 2.45) is 11.1 Å². The predicted molar refractivity (Wildman–Crippen MR) is 84.6 cm³/mol. The molecule has 0 aromatic heterocycles. The lowest BCUT2D eigenvalue weighted by atomic mass is 9.88. The molecule has 1 aromatic rings. The molecule has 0 aliphatic rings. The second-order valence-electron chi connectivity index (χ2n) is 6.04. The molecule has 0 aliphatic carbocycles. The summed E-state index contributed by atoms with van der Waals surface area (Å²) in [5, 5.41) is 0. The second-order valence-corrected chi connectivity index (χ2v) is 7.62. The van der Waals surface area contributed by atoms with Gasteiger partial charge >= 0.3 is 0 Å². The zero-order valence-electron chi connectivity index (χ0n) is 12.4. The molecule has 1 aromatic carbocycles. The Kier molecular flexibility index (Phi) is 6.73. The molecular formula is C16H27NOS. The summed E-state index contributed by atoms with van der Waals surface area (Å²) in [6.07, 6.45) is 3.26. The van der Waals surface area contributed by atoms with E-state index in [2.05, 4.69) is 32.9 Å². The van der Waals surface area contributed by atoms with Gasteiger partial charge in [0.25, 0.3) is 0 Å². The van der Waals surface area contributed by atoms with Crippen LogP contribution in [0.1, 0.15) is 44.2 Å². The quantitative estimate of drug-likeness (QED) is 0.742. The fourth-order valence-corrected chi connectivity index (χ4v) is 3.33. The van der Waals surface area contributed by atoms with Crippen LogP contribution in [0.4, 0.5) is 0 Å². The highest BCUT2D eigenvalue weighted by Gasteiger charge is 2.14. The maximum Gasteiger partial charge on any atom is 0.0488 e. The van der Waals surface area contributed by atoms with Crippen molar-refractivity contribution >= 4 is 10.8 Å². The van der Waals surface area contributed by atoms with Crippen LogP contribution in [-0.4, -0.2) is 16.5 Å². The SMILES string of the molecule is Cc1ccccc1CS(=O)CCCCC(C)(C)CN. The summed E-state index contributed by atoms with van der Waals surface area (Å²) in [6.45, 7) is 7.18. The Morgan fingerprint density at radius 3 is 2.53 bits per heavy atom. The van der Waals surface area contributed by atoms with Crippen molar-refractivity contribution in [2.45, 2.75) is 45.8 Å². The van der Waals surface area contributed by atoms with Crippen LogP contribution < -0.4 is 5.73 Å². The Hall–Kier alpha value is -0.670. The Balaban J connectivity index is 2.28. The van der Waals surface area contributed by atoms with E-state index in [1.807, 2.05) is 12.1 Å². The minimum absolute atomic E-state index is 0.220. The third-order valence-electron chi connectivity index (χ3n) is 3.61. The molecule has 0 spiro atoms. The van der Waals surface area contributed by atoms with Gasteiger partial charge < -0.3 is 5.73 Å². The zero-order valence-corrected chi connectivity index (χ0v) is 13.3. The Bertz CT molecular complexity index is 415. The van der Waals surface area contributed by atoms with Gasteiger partial charge in [-0.25, -0.2) is 0 Å². The van der Waals surface area contributed by atoms with E-state index in [1.54, 1.807) is 0 Å².